The Morgan fingerprint density at radius 2 is 2.26 bits per heavy atom. The number of allylic oxidation sites excluding steroid dienone is 3. The summed E-state index contributed by atoms with van der Waals surface area (Å²) in [6.07, 6.45) is 3.43. The van der Waals surface area contributed by atoms with E-state index >= 15 is 0 Å². The zero-order valence-electron chi connectivity index (χ0n) is 14.9. The monoisotopic (exact) mass is 478 g/mol. The molecule has 140 valence electrons. The molecule has 2 N–H and O–H groups in total. The average Bonchev–Trinajstić information content (AvgIpc) is 2.65. The summed E-state index contributed by atoms with van der Waals surface area (Å²) in [7, 11) is 1.55. The number of nitrogens with zero attached hydrogens (tertiary/aromatic N) is 1. The van der Waals surface area contributed by atoms with Crippen molar-refractivity contribution in [1.29, 1.82) is 5.26 Å². The molecule has 0 saturated carbocycles. The Balaban J connectivity index is 2.17. The number of methoxy groups -OCH3 is 1. The van der Waals surface area contributed by atoms with Gasteiger partial charge in [0.25, 0.3) is 0 Å². The second-order valence-corrected chi connectivity index (χ2v) is 7.33. The molecule has 1 atom stereocenters. The Hall–Kier alpha value is -2.47. The summed E-state index contributed by atoms with van der Waals surface area (Å²) < 4.78 is 17.6. The van der Waals surface area contributed by atoms with Crippen LogP contribution >= 0.6 is 22.6 Å². The number of ether oxygens (including phenoxy) is 3. The first kappa shape index (κ1) is 19.3. The number of hydrogen-bond donors (Lipinski definition) is 1. The van der Waals surface area contributed by atoms with E-state index in [-0.39, 0.29) is 17.2 Å². The lowest BCUT2D eigenvalue weighted by Gasteiger charge is -2.31. The van der Waals surface area contributed by atoms with Gasteiger partial charge >= 0.3 is 0 Å². The van der Waals surface area contributed by atoms with Crippen LogP contribution in [0, 0.1) is 14.9 Å². The van der Waals surface area contributed by atoms with Gasteiger partial charge in [0.15, 0.2) is 17.3 Å². The molecule has 3 rings (SSSR count). The molecule has 6 nitrogen and oxygen atoms in total. The first-order chi connectivity index (χ1) is 13.0. The summed E-state index contributed by atoms with van der Waals surface area (Å²) in [6.45, 7) is 3.99. The average molecular weight is 478 g/mol. The molecular weight excluding hydrogens is 459 g/mol. The van der Waals surface area contributed by atoms with Crippen LogP contribution in [-0.4, -0.2) is 19.5 Å². The summed E-state index contributed by atoms with van der Waals surface area (Å²) in [5.41, 5.74) is 7.49. The van der Waals surface area contributed by atoms with E-state index in [4.69, 9.17) is 19.9 Å². The number of rotatable bonds is 5. The molecule has 0 spiro atoms. The van der Waals surface area contributed by atoms with Crippen molar-refractivity contribution in [3.8, 4) is 17.6 Å². The van der Waals surface area contributed by atoms with Gasteiger partial charge in [0.05, 0.1) is 16.6 Å². The number of Topliss-reactive ketones (excluding diaryl/α,β-unsaturated/α-hetero) is 1. The lowest BCUT2D eigenvalue weighted by atomic mass is 9.77. The highest BCUT2D eigenvalue weighted by molar-refractivity contribution is 14.1. The molecule has 1 aromatic rings. The van der Waals surface area contributed by atoms with Crippen molar-refractivity contribution in [3.63, 3.8) is 0 Å². The predicted octanol–water partition coefficient (Wildman–Crippen LogP) is 3.68. The van der Waals surface area contributed by atoms with E-state index in [0.29, 0.717) is 42.3 Å². The Bertz CT molecular complexity index is 911. The van der Waals surface area contributed by atoms with Crippen LogP contribution < -0.4 is 15.2 Å². The van der Waals surface area contributed by atoms with Gasteiger partial charge in [0.1, 0.15) is 24.0 Å². The summed E-state index contributed by atoms with van der Waals surface area (Å²) in [5, 5.41) is 9.67. The van der Waals surface area contributed by atoms with E-state index in [0.717, 1.165) is 15.6 Å². The molecule has 0 radical (unpaired) electrons. The molecule has 7 heteroatoms. The molecule has 0 fully saturated rings. The van der Waals surface area contributed by atoms with Gasteiger partial charge in [-0.3, -0.25) is 4.79 Å². The molecule has 1 aliphatic carbocycles. The van der Waals surface area contributed by atoms with Crippen molar-refractivity contribution >= 4 is 28.4 Å². The number of benzene rings is 1. The SMILES string of the molecule is C=CCOc1c(I)cc(C2C(C#N)=C(N)OC3=C2C(=O)CCC3)cc1OC. The van der Waals surface area contributed by atoms with Crippen LogP contribution in [0.4, 0.5) is 0 Å². The van der Waals surface area contributed by atoms with E-state index < -0.39 is 5.92 Å². The van der Waals surface area contributed by atoms with Gasteiger partial charge in [-0.05, 0) is 46.7 Å². The zero-order chi connectivity index (χ0) is 19.6. The molecule has 1 aromatic carbocycles. The molecule has 0 saturated heterocycles. The fraction of sp³-hybridized carbons (Fsp3) is 0.300. The molecule has 1 aliphatic heterocycles. The van der Waals surface area contributed by atoms with Crippen molar-refractivity contribution in [1.82, 2.24) is 0 Å². The quantitative estimate of drug-likeness (QED) is 0.513. The second kappa shape index (κ2) is 8.05. The van der Waals surface area contributed by atoms with E-state index in [9.17, 15) is 10.1 Å². The van der Waals surface area contributed by atoms with Crippen molar-refractivity contribution in [2.45, 2.75) is 25.2 Å². The predicted molar refractivity (Wildman–Crippen MR) is 108 cm³/mol. The molecule has 1 unspecified atom stereocenters. The van der Waals surface area contributed by atoms with Gasteiger partial charge in [0, 0.05) is 18.4 Å². The van der Waals surface area contributed by atoms with Crippen molar-refractivity contribution in [2.75, 3.05) is 13.7 Å². The second-order valence-electron chi connectivity index (χ2n) is 6.17. The number of nitriles is 1. The fourth-order valence-corrected chi connectivity index (χ4v) is 4.16. The Morgan fingerprint density at radius 1 is 1.48 bits per heavy atom. The summed E-state index contributed by atoms with van der Waals surface area (Å²) in [4.78, 5) is 12.6. The number of hydrogen-bond acceptors (Lipinski definition) is 6. The molecule has 2 aliphatic rings. The maximum Gasteiger partial charge on any atom is 0.205 e. The van der Waals surface area contributed by atoms with Gasteiger partial charge in [-0.15, -0.1) is 0 Å². The number of carbonyl (C=O) groups excluding carboxylic acids is 1. The Kier molecular flexibility index (Phi) is 5.75. The molecular formula is C20H19IN2O4. The number of nitrogens with two attached hydrogens (primary N) is 1. The van der Waals surface area contributed by atoms with Crippen LogP contribution in [0.3, 0.4) is 0 Å². The standard InChI is InChI=1S/C20H19IN2O4/c1-3-7-26-19-13(21)8-11(9-16(19)25-2)17-12(10-22)20(23)27-15-6-4-5-14(24)18(15)17/h3,8-9,17H,1,4-7,23H2,2H3. The first-order valence-electron chi connectivity index (χ1n) is 8.46. The lowest BCUT2D eigenvalue weighted by molar-refractivity contribution is -0.116. The Morgan fingerprint density at radius 3 is 2.93 bits per heavy atom. The highest BCUT2D eigenvalue weighted by Gasteiger charge is 2.38. The minimum atomic E-state index is -0.567. The van der Waals surface area contributed by atoms with Gasteiger partial charge < -0.3 is 19.9 Å². The molecule has 1 heterocycles. The maximum atomic E-state index is 12.6. The normalized spacial score (nSPS) is 19.1. The van der Waals surface area contributed by atoms with E-state index in [1.54, 1.807) is 19.3 Å². The molecule has 0 aromatic heterocycles. The largest absolute Gasteiger partial charge is 0.493 e. The fourth-order valence-electron chi connectivity index (χ4n) is 3.38. The van der Waals surface area contributed by atoms with Crippen LogP contribution in [-0.2, 0) is 9.53 Å². The van der Waals surface area contributed by atoms with Gasteiger partial charge in [0.2, 0.25) is 5.88 Å². The van der Waals surface area contributed by atoms with E-state index in [2.05, 4.69) is 35.2 Å². The molecule has 0 amide bonds. The third-order valence-corrected chi connectivity index (χ3v) is 5.34. The maximum absolute atomic E-state index is 12.6. The summed E-state index contributed by atoms with van der Waals surface area (Å²) in [5.74, 6) is 1.15. The van der Waals surface area contributed by atoms with Crippen molar-refractivity contribution in [2.24, 2.45) is 5.73 Å². The van der Waals surface area contributed by atoms with Gasteiger partial charge in [-0.1, -0.05) is 12.7 Å². The third-order valence-electron chi connectivity index (χ3n) is 4.54. The molecule has 0 bridgehead atoms. The highest BCUT2D eigenvalue weighted by atomic mass is 127. The number of ketones is 1. The smallest absolute Gasteiger partial charge is 0.205 e. The Labute approximate surface area is 171 Å². The van der Waals surface area contributed by atoms with Crippen molar-refractivity contribution < 1.29 is 19.0 Å². The van der Waals surface area contributed by atoms with Gasteiger partial charge in [-0.2, -0.15) is 5.26 Å². The lowest BCUT2D eigenvalue weighted by Crippen LogP contribution is -2.27. The molecule has 27 heavy (non-hydrogen) atoms. The third kappa shape index (κ3) is 3.54. The van der Waals surface area contributed by atoms with Crippen LogP contribution in [0.25, 0.3) is 0 Å². The summed E-state index contributed by atoms with van der Waals surface area (Å²) in [6, 6.07) is 5.79. The van der Waals surface area contributed by atoms with E-state index in [1.807, 2.05) is 6.07 Å². The summed E-state index contributed by atoms with van der Waals surface area (Å²) >= 11 is 2.15. The first-order valence-corrected chi connectivity index (χ1v) is 9.54. The number of halogens is 1. The minimum Gasteiger partial charge on any atom is -0.493 e. The van der Waals surface area contributed by atoms with E-state index in [1.165, 1.54) is 0 Å². The zero-order valence-corrected chi connectivity index (χ0v) is 17.0. The number of carbonyl (C=O) groups is 1. The van der Waals surface area contributed by atoms with Gasteiger partial charge in [-0.25, -0.2) is 0 Å². The van der Waals surface area contributed by atoms with Crippen LogP contribution in [0.5, 0.6) is 11.5 Å². The minimum absolute atomic E-state index is 0.0116. The van der Waals surface area contributed by atoms with Crippen molar-refractivity contribution in [3.05, 3.63) is 56.7 Å². The topological polar surface area (TPSA) is 94.6 Å². The van der Waals surface area contributed by atoms with Crippen LogP contribution in [0.15, 0.2) is 47.6 Å². The van der Waals surface area contributed by atoms with Crippen LogP contribution in [0.1, 0.15) is 30.7 Å². The highest BCUT2D eigenvalue weighted by Crippen LogP contribution is 2.46. The van der Waals surface area contributed by atoms with Crippen LogP contribution in [0.2, 0.25) is 0 Å².